The average Bonchev–Trinajstić information content (AvgIpc) is 2.14. The summed E-state index contributed by atoms with van der Waals surface area (Å²) >= 11 is 0. The Bertz CT molecular complexity index is 190. The topological polar surface area (TPSA) is 32.3 Å². The predicted octanol–water partition coefficient (Wildman–Crippen LogP) is 1.41. The van der Waals surface area contributed by atoms with Gasteiger partial charge < -0.3 is 10.2 Å². The number of hydrogen-bond acceptors (Lipinski definition) is 2. The number of amides is 1. The molecule has 0 aromatic heterocycles. The molecule has 0 atom stereocenters. The van der Waals surface area contributed by atoms with Gasteiger partial charge in [-0.3, -0.25) is 4.79 Å². The monoisotopic (exact) mass is 198 g/mol. The van der Waals surface area contributed by atoms with Crippen LogP contribution in [0.2, 0.25) is 0 Å². The van der Waals surface area contributed by atoms with Crippen molar-refractivity contribution in [2.75, 3.05) is 26.7 Å². The number of hydrogen-bond donors (Lipinski definition) is 1. The van der Waals surface area contributed by atoms with Gasteiger partial charge in [-0.15, -0.1) is 0 Å². The van der Waals surface area contributed by atoms with E-state index in [9.17, 15) is 4.79 Å². The summed E-state index contributed by atoms with van der Waals surface area (Å²) in [6, 6.07) is 0. The maximum Gasteiger partial charge on any atom is 0.222 e. The van der Waals surface area contributed by atoms with Crippen molar-refractivity contribution < 1.29 is 4.79 Å². The molecule has 0 aromatic carbocycles. The van der Waals surface area contributed by atoms with Gasteiger partial charge in [0.15, 0.2) is 0 Å². The van der Waals surface area contributed by atoms with Crippen LogP contribution in [0.4, 0.5) is 0 Å². The standard InChI is InChI=1S/C11H22N2O/c1-5-13(9-10(2)3)11(14)7-6-8-12-4/h12H,2,5-9H2,1,3-4H3. The van der Waals surface area contributed by atoms with Crippen LogP contribution in [0.25, 0.3) is 0 Å². The van der Waals surface area contributed by atoms with E-state index in [1.165, 1.54) is 0 Å². The van der Waals surface area contributed by atoms with Gasteiger partial charge in [0.1, 0.15) is 0 Å². The zero-order valence-corrected chi connectivity index (χ0v) is 9.60. The minimum Gasteiger partial charge on any atom is -0.339 e. The second-order valence-electron chi connectivity index (χ2n) is 3.57. The third-order valence-corrected chi connectivity index (χ3v) is 2.01. The van der Waals surface area contributed by atoms with Crippen molar-refractivity contribution in [2.24, 2.45) is 0 Å². The Kier molecular flexibility index (Phi) is 7.11. The number of carbonyl (C=O) groups excluding carboxylic acids is 1. The molecule has 82 valence electrons. The first kappa shape index (κ1) is 13.2. The van der Waals surface area contributed by atoms with Gasteiger partial charge in [0.05, 0.1) is 0 Å². The number of nitrogens with zero attached hydrogens (tertiary/aromatic N) is 1. The van der Waals surface area contributed by atoms with E-state index in [1.54, 1.807) is 0 Å². The summed E-state index contributed by atoms with van der Waals surface area (Å²) in [6.07, 6.45) is 1.53. The maximum atomic E-state index is 11.6. The van der Waals surface area contributed by atoms with E-state index in [-0.39, 0.29) is 5.91 Å². The lowest BCUT2D eigenvalue weighted by atomic mass is 10.2. The van der Waals surface area contributed by atoms with Gasteiger partial charge in [-0.2, -0.15) is 0 Å². The van der Waals surface area contributed by atoms with Crippen molar-refractivity contribution in [1.29, 1.82) is 0 Å². The van der Waals surface area contributed by atoms with Crippen LogP contribution < -0.4 is 5.32 Å². The predicted molar refractivity (Wildman–Crippen MR) is 60.2 cm³/mol. The van der Waals surface area contributed by atoms with Crippen molar-refractivity contribution in [2.45, 2.75) is 26.7 Å². The summed E-state index contributed by atoms with van der Waals surface area (Å²) in [5.41, 5.74) is 1.04. The van der Waals surface area contributed by atoms with E-state index >= 15 is 0 Å². The zero-order valence-electron chi connectivity index (χ0n) is 9.60. The highest BCUT2D eigenvalue weighted by molar-refractivity contribution is 5.76. The van der Waals surface area contributed by atoms with E-state index in [4.69, 9.17) is 0 Å². The van der Waals surface area contributed by atoms with Crippen molar-refractivity contribution in [3.05, 3.63) is 12.2 Å². The average molecular weight is 198 g/mol. The molecule has 0 aliphatic carbocycles. The molecule has 0 aliphatic rings. The highest BCUT2D eigenvalue weighted by atomic mass is 16.2. The molecule has 0 heterocycles. The van der Waals surface area contributed by atoms with E-state index in [1.807, 2.05) is 25.8 Å². The van der Waals surface area contributed by atoms with Crippen molar-refractivity contribution in [3.8, 4) is 0 Å². The molecule has 3 nitrogen and oxygen atoms in total. The largest absolute Gasteiger partial charge is 0.339 e. The first-order chi connectivity index (χ1) is 6.61. The van der Waals surface area contributed by atoms with Gasteiger partial charge in [-0.05, 0) is 33.9 Å². The molecule has 0 unspecified atom stereocenters. The van der Waals surface area contributed by atoms with Crippen LogP contribution in [-0.4, -0.2) is 37.5 Å². The lowest BCUT2D eigenvalue weighted by Crippen LogP contribution is -2.32. The Labute approximate surface area is 87.2 Å². The summed E-state index contributed by atoms with van der Waals surface area (Å²) in [5, 5.41) is 3.03. The Morgan fingerprint density at radius 3 is 2.57 bits per heavy atom. The van der Waals surface area contributed by atoms with Crippen LogP contribution in [0.1, 0.15) is 26.7 Å². The highest BCUT2D eigenvalue weighted by Gasteiger charge is 2.10. The Morgan fingerprint density at radius 2 is 2.14 bits per heavy atom. The first-order valence-corrected chi connectivity index (χ1v) is 5.18. The molecule has 1 amide bonds. The molecule has 0 bridgehead atoms. The molecule has 0 saturated carbocycles. The Balaban J connectivity index is 3.85. The molecule has 0 aromatic rings. The zero-order chi connectivity index (χ0) is 11.0. The fraction of sp³-hybridized carbons (Fsp3) is 0.727. The van der Waals surface area contributed by atoms with Crippen LogP contribution >= 0.6 is 0 Å². The normalized spacial score (nSPS) is 9.93. The summed E-state index contributed by atoms with van der Waals surface area (Å²) in [7, 11) is 1.90. The van der Waals surface area contributed by atoms with Gasteiger partial charge in [0.25, 0.3) is 0 Å². The third-order valence-electron chi connectivity index (χ3n) is 2.01. The molecule has 0 aliphatic heterocycles. The van der Waals surface area contributed by atoms with Gasteiger partial charge in [0.2, 0.25) is 5.91 Å². The third kappa shape index (κ3) is 5.75. The number of nitrogens with one attached hydrogen (secondary N) is 1. The summed E-state index contributed by atoms with van der Waals surface area (Å²) in [5.74, 6) is 0.228. The first-order valence-electron chi connectivity index (χ1n) is 5.18. The quantitative estimate of drug-likeness (QED) is 0.495. The van der Waals surface area contributed by atoms with Gasteiger partial charge in [0, 0.05) is 19.5 Å². The number of carbonyl (C=O) groups is 1. The Morgan fingerprint density at radius 1 is 1.50 bits per heavy atom. The molecule has 0 rings (SSSR count). The van der Waals surface area contributed by atoms with Crippen LogP contribution in [0, 0.1) is 0 Å². The molecular weight excluding hydrogens is 176 g/mol. The fourth-order valence-electron chi connectivity index (χ4n) is 1.28. The lowest BCUT2D eigenvalue weighted by molar-refractivity contribution is -0.130. The van der Waals surface area contributed by atoms with Crippen LogP contribution in [-0.2, 0) is 4.79 Å². The van der Waals surface area contributed by atoms with Crippen LogP contribution in [0.5, 0.6) is 0 Å². The van der Waals surface area contributed by atoms with Gasteiger partial charge >= 0.3 is 0 Å². The molecule has 0 radical (unpaired) electrons. The van der Waals surface area contributed by atoms with Crippen LogP contribution in [0.15, 0.2) is 12.2 Å². The smallest absolute Gasteiger partial charge is 0.222 e. The summed E-state index contributed by atoms with van der Waals surface area (Å²) < 4.78 is 0. The number of likely N-dealkylation sites (N-methyl/N-ethyl adjacent to an activating group) is 1. The SMILES string of the molecule is C=C(C)CN(CC)C(=O)CCCNC. The number of rotatable bonds is 7. The molecule has 3 heteroatoms. The van der Waals surface area contributed by atoms with Crippen molar-refractivity contribution in [3.63, 3.8) is 0 Å². The second-order valence-corrected chi connectivity index (χ2v) is 3.57. The second kappa shape index (κ2) is 7.56. The minimum absolute atomic E-state index is 0.228. The molecule has 1 N–H and O–H groups in total. The minimum atomic E-state index is 0.228. The molecule has 0 fully saturated rings. The maximum absolute atomic E-state index is 11.6. The van der Waals surface area contributed by atoms with E-state index in [2.05, 4.69) is 11.9 Å². The highest BCUT2D eigenvalue weighted by Crippen LogP contribution is 2.00. The molecule has 0 spiro atoms. The summed E-state index contributed by atoms with van der Waals surface area (Å²) in [4.78, 5) is 13.5. The van der Waals surface area contributed by atoms with Gasteiger partial charge in [-0.25, -0.2) is 0 Å². The summed E-state index contributed by atoms with van der Waals surface area (Å²) in [6.45, 7) is 10.1. The van der Waals surface area contributed by atoms with Crippen LogP contribution in [0.3, 0.4) is 0 Å². The molecule has 0 saturated heterocycles. The van der Waals surface area contributed by atoms with E-state index < -0.39 is 0 Å². The molecule has 14 heavy (non-hydrogen) atoms. The Hall–Kier alpha value is -0.830. The fourth-order valence-corrected chi connectivity index (χ4v) is 1.28. The van der Waals surface area contributed by atoms with E-state index in [0.29, 0.717) is 13.0 Å². The van der Waals surface area contributed by atoms with Gasteiger partial charge in [-0.1, -0.05) is 12.2 Å². The van der Waals surface area contributed by atoms with Crippen molar-refractivity contribution in [1.82, 2.24) is 10.2 Å². The lowest BCUT2D eigenvalue weighted by Gasteiger charge is -2.20. The molecular formula is C11H22N2O. The van der Waals surface area contributed by atoms with E-state index in [0.717, 1.165) is 25.1 Å². The van der Waals surface area contributed by atoms with Crippen molar-refractivity contribution >= 4 is 5.91 Å².